The van der Waals surface area contributed by atoms with Gasteiger partial charge in [0.1, 0.15) is 5.54 Å². The lowest BCUT2D eigenvalue weighted by Gasteiger charge is -2.03. The zero-order valence-electron chi connectivity index (χ0n) is 5.57. The van der Waals surface area contributed by atoms with E-state index in [1.54, 1.807) is 0 Å². The molecule has 4 heteroatoms. The lowest BCUT2D eigenvalue weighted by molar-refractivity contribution is 0.277. The minimum absolute atomic E-state index is 0.0503. The Morgan fingerprint density at radius 2 is 2.33 bits per heavy atom. The molecule has 1 aliphatic carbocycles. The topological polar surface area (TPSA) is 54.0 Å². The molecule has 1 fully saturated rings. The van der Waals surface area contributed by atoms with Gasteiger partial charge in [0.15, 0.2) is 0 Å². The predicted molar refractivity (Wildman–Crippen MR) is 32.2 cm³/mol. The van der Waals surface area contributed by atoms with Crippen LogP contribution in [-0.4, -0.2) is 16.7 Å². The first-order valence-electron chi connectivity index (χ1n) is 3.13. The minimum atomic E-state index is 0.0503. The van der Waals surface area contributed by atoms with E-state index in [1.165, 1.54) is 5.12 Å². The molecule has 50 valence electrons. The highest BCUT2D eigenvalue weighted by atomic mass is 15.8. The summed E-state index contributed by atoms with van der Waals surface area (Å²) in [5.41, 5.74) is 0.0503. The van der Waals surface area contributed by atoms with Gasteiger partial charge in [0.2, 0.25) is 0 Å². The fourth-order valence-electron chi connectivity index (χ4n) is 1.53. The first kappa shape index (κ1) is 5.17. The Morgan fingerprint density at radius 1 is 1.67 bits per heavy atom. The van der Waals surface area contributed by atoms with Crippen LogP contribution in [0.15, 0.2) is 10.3 Å². The van der Waals surface area contributed by atoms with E-state index in [0.717, 1.165) is 0 Å². The van der Waals surface area contributed by atoms with Crippen LogP contribution < -0.4 is 5.84 Å². The monoisotopic (exact) mass is 126 g/mol. The van der Waals surface area contributed by atoms with Crippen LogP contribution in [0.25, 0.3) is 0 Å². The molecule has 3 unspecified atom stereocenters. The molecular weight excluding hydrogens is 116 g/mol. The molecule has 0 aromatic rings. The van der Waals surface area contributed by atoms with Crippen LogP contribution in [0.4, 0.5) is 0 Å². The highest BCUT2D eigenvalue weighted by molar-refractivity contribution is 5.19. The predicted octanol–water partition coefficient (Wildman–Crippen LogP) is 0.320. The molecule has 0 aromatic carbocycles. The molecule has 1 aliphatic heterocycles. The van der Waals surface area contributed by atoms with Gasteiger partial charge in [-0.1, -0.05) is 12.1 Å². The van der Waals surface area contributed by atoms with Gasteiger partial charge in [0.25, 0.3) is 0 Å². The van der Waals surface area contributed by atoms with Crippen molar-refractivity contribution in [3.63, 3.8) is 0 Å². The molecular formula is C5H10N4. The Bertz CT molecular complexity index is 178. The third kappa shape index (κ3) is 0.387. The zero-order valence-corrected chi connectivity index (χ0v) is 5.57. The first-order chi connectivity index (χ1) is 4.16. The summed E-state index contributed by atoms with van der Waals surface area (Å²) >= 11 is 0. The number of nitrogens with zero attached hydrogens (tertiary/aromatic N) is 3. The molecule has 4 nitrogen and oxygen atoms in total. The molecule has 0 amide bonds. The molecule has 3 atom stereocenters. The largest absolute Gasteiger partial charge is 0.230 e. The van der Waals surface area contributed by atoms with Crippen molar-refractivity contribution < 1.29 is 0 Å². The van der Waals surface area contributed by atoms with Gasteiger partial charge in [-0.2, -0.15) is 5.11 Å². The van der Waals surface area contributed by atoms with Gasteiger partial charge in [-0.25, -0.2) is 11.0 Å². The average Bonchev–Trinajstić information content (AvgIpc) is 2.13. The van der Waals surface area contributed by atoms with Crippen molar-refractivity contribution in [1.82, 2.24) is 5.12 Å². The number of hydrogen-bond acceptors (Lipinski definition) is 4. The average molecular weight is 126 g/mol. The van der Waals surface area contributed by atoms with E-state index < -0.39 is 0 Å². The number of nitrogens with two attached hydrogens (primary N) is 1. The second kappa shape index (κ2) is 1.11. The Labute approximate surface area is 53.7 Å². The maximum absolute atomic E-state index is 5.47. The fourth-order valence-corrected chi connectivity index (χ4v) is 1.53. The van der Waals surface area contributed by atoms with Crippen LogP contribution in [0.3, 0.4) is 0 Å². The van der Waals surface area contributed by atoms with Crippen LogP contribution in [0, 0.1) is 5.92 Å². The van der Waals surface area contributed by atoms with Crippen molar-refractivity contribution in [2.75, 3.05) is 0 Å². The lowest BCUT2D eigenvalue weighted by atomic mass is 10.3. The van der Waals surface area contributed by atoms with E-state index in [0.29, 0.717) is 12.0 Å². The molecule has 2 N–H and O–H groups in total. The molecule has 0 radical (unpaired) electrons. The quantitative estimate of drug-likeness (QED) is 0.475. The normalized spacial score (nSPS) is 53.9. The maximum atomic E-state index is 5.47. The second-order valence-corrected chi connectivity index (χ2v) is 3.03. The number of fused-ring (bicyclic) bond motifs is 1. The van der Waals surface area contributed by atoms with Crippen molar-refractivity contribution in [1.29, 1.82) is 0 Å². The van der Waals surface area contributed by atoms with Gasteiger partial charge in [0.05, 0.1) is 6.04 Å². The number of hydrogen-bond donors (Lipinski definition) is 1. The highest BCUT2D eigenvalue weighted by Crippen LogP contribution is 2.52. The van der Waals surface area contributed by atoms with E-state index >= 15 is 0 Å². The van der Waals surface area contributed by atoms with Gasteiger partial charge < -0.3 is 0 Å². The maximum Gasteiger partial charge on any atom is 0.110 e. The van der Waals surface area contributed by atoms with Crippen LogP contribution in [0.5, 0.6) is 0 Å². The van der Waals surface area contributed by atoms with Crippen LogP contribution in [-0.2, 0) is 0 Å². The van der Waals surface area contributed by atoms with Gasteiger partial charge in [0, 0.05) is 5.92 Å². The Hall–Kier alpha value is -0.640. The van der Waals surface area contributed by atoms with Crippen LogP contribution in [0.1, 0.15) is 13.8 Å². The summed E-state index contributed by atoms with van der Waals surface area (Å²) in [7, 11) is 0. The van der Waals surface area contributed by atoms with Crippen molar-refractivity contribution in [3.05, 3.63) is 0 Å². The SMILES string of the molecule is CC1C2N(N)N=NC12C. The fraction of sp³-hybridized carbons (Fsp3) is 1.00. The summed E-state index contributed by atoms with van der Waals surface area (Å²) < 4.78 is 0. The number of hydrazine groups is 1. The smallest absolute Gasteiger partial charge is 0.110 e. The molecule has 2 aliphatic rings. The standard InChI is InChI=1S/C5H10N4/c1-3-4-5(3,2)7-8-9(4)6/h3-4H,6H2,1-2H3. The molecule has 1 heterocycles. The number of rotatable bonds is 0. The summed E-state index contributed by atoms with van der Waals surface area (Å²) in [6.45, 7) is 4.22. The van der Waals surface area contributed by atoms with Crippen molar-refractivity contribution in [2.45, 2.75) is 25.4 Å². The summed E-state index contributed by atoms with van der Waals surface area (Å²) in [4.78, 5) is 0. The lowest BCUT2D eigenvalue weighted by Crippen LogP contribution is -2.27. The van der Waals surface area contributed by atoms with Gasteiger partial charge in [-0.05, 0) is 6.92 Å². The third-order valence-electron chi connectivity index (χ3n) is 2.53. The van der Waals surface area contributed by atoms with E-state index in [9.17, 15) is 0 Å². The summed E-state index contributed by atoms with van der Waals surface area (Å²) in [5, 5.41) is 9.22. The molecule has 0 saturated heterocycles. The Morgan fingerprint density at radius 3 is 2.56 bits per heavy atom. The van der Waals surface area contributed by atoms with Crippen LogP contribution in [0.2, 0.25) is 0 Å². The molecule has 0 bridgehead atoms. The highest BCUT2D eigenvalue weighted by Gasteiger charge is 2.66. The molecule has 2 rings (SSSR count). The third-order valence-corrected chi connectivity index (χ3v) is 2.53. The summed E-state index contributed by atoms with van der Waals surface area (Å²) in [5.74, 6) is 6.05. The summed E-state index contributed by atoms with van der Waals surface area (Å²) in [6.07, 6.45) is 0. The molecule has 0 aromatic heterocycles. The second-order valence-electron chi connectivity index (χ2n) is 3.03. The molecule has 0 spiro atoms. The van der Waals surface area contributed by atoms with Gasteiger partial charge in [-0.15, -0.1) is 0 Å². The Balaban J connectivity index is 2.28. The van der Waals surface area contributed by atoms with E-state index in [2.05, 4.69) is 24.2 Å². The summed E-state index contributed by atoms with van der Waals surface area (Å²) in [6, 6.07) is 0.373. The minimum Gasteiger partial charge on any atom is -0.230 e. The zero-order chi connectivity index (χ0) is 6.65. The van der Waals surface area contributed by atoms with Crippen molar-refractivity contribution in [3.8, 4) is 0 Å². The van der Waals surface area contributed by atoms with Gasteiger partial charge in [-0.3, -0.25) is 0 Å². The van der Waals surface area contributed by atoms with Crippen LogP contribution >= 0.6 is 0 Å². The molecule has 9 heavy (non-hydrogen) atoms. The van der Waals surface area contributed by atoms with Crippen molar-refractivity contribution >= 4 is 0 Å². The van der Waals surface area contributed by atoms with Gasteiger partial charge >= 0.3 is 0 Å². The molecule has 1 saturated carbocycles. The Kier molecular flexibility index (Phi) is 0.639. The first-order valence-corrected chi connectivity index (χ1v) is 3.13. The van der Waals surface area contributed by atoms with Crippen molar-refractivity contribution in [2.24, 2.45) is 22.1 Å². The van der Waals surface area contributed by atoms with E-state index in [1.807, 2.05) is 0 Å². The van der Waals surface area contributed by atoms with E-state index in [4.69, 9.17) is 5.84 Å². The van der Waals surface area contributed by atoms with E-state index in [-0.39, 0.29) is 5.54 Å².